The van der Waals surface area contributed by atoms with Crippen molar-refractivity contribution in [1.82, 2.24) is 10.6 Å². The van der Waals surface area contributed by atoms with Crippen LogP contribution in [-0.4, -0.2) is 50.6 Å². The molecule has 0 heterocycles. The Hall–Kier alpha value is -1.68. The molecule has 2 aromatic carbocycles. The maximum Gasteiger partial charge on any atom is 0.191 e. The topological polar surface area (TPSA) is 75.1 Å². The zero-order chi connectivity index (χ0) is 21.4. The minimum absolute atomic E-state index is 0. The molecule has 172 valence electrons. The maximum atomic E-state index is 9.76. The number of nitrogens with zero attached hydrogens (tertiary/aromatic N) is 1. The second-order valence-electron chi connectivity index (χ2n) is 6.94. The molecular weight excluding hydrogens is 505 g/mol. The van der Waals surface area contributed by atoms with Gasteiger partial charge >= 0.3 is 0 Å². The van der Waals surface area contributed by atoms with Crippen molar-refractivity contribution in [3.63, 3.8) is 0 Å². The molecule has 6 nitrogen and oxygen atoms in total. The van der Waals surface area contributed by atoms with Crippen LogP contribution in [0.5, 0.6) is 0 Å². The number of rotatable bonds is 13. The van der Waals surface area contributed by atoms with Gasteiger partial charge in [-0.2, -0.15) is 0 Å². The predicted octanol–water partition coefficient (Wildman–Crippen LogP) is 3.69. The number of aliphatic hydroxyl groups excluding tert-OH is 1. The summed E-state index contributed by atoms with van der Waals surface area (Å²) in [5, 5.41) is 16.4. The Kier molecular flexibility index (Phi) is 15.0. The number of guanidine groups is 1. The fourth-order valence-electron chi connectivity index (χ4n) is 3.01. The Morgan fingerprint density at radius 3 is 2.42 bits per heavy atom. The Morgan fingerprint density at radius 2 is 1.71 bits per heavy atom. The second-order valence-corrected chi connectivity index (χ2v) is 6.94. The first-order valence-corrected chi connectivity index (χ1v) is 10.7. The number of benzene rings is 2. The van der Waals surface area contributed by atoms with Gasteiger partial charge < -0.3 is 25.2 Å². The minimum atomic E-state index is 0. The van der Waals surface area contributed by atoms with E-state index in [-0.39, 0.29) is 36.5 Å². The highest BCUT2D eigenvalue weighted by Crippen LogP contribution is 2.13. The van der Waals surface area contributed by atoms with E-state index in [1.807, 2.05) is 50.2 Å². The van der Waals surface area contributed by atoms with Gasteiger partial charge in [-0.1, -0.05) is 54.6 Å². The number of ether oxygens (including phenoxy) is 2. The lowest BCUT2D eigenvalue weighted by Gasteiger charge is -2.18. The van der Waals surface area contributed by atoms with Crippen LogP contribution in [0.25, 0.3) is 0 Å². The lowest BCUT2D eigenvalue weighted by Crippen LogP contribution is -2.39. The molecule has 3 N–H and O–H groups in total. The monoisotopic (exact) mass is 541 g/mol. The van der Waals surface area contributed by atoms with Crippen molar-refractivity contribution in [2.24, 2.45) is 4.99 Å². The van der Waals surface area contributed by atoms with Crippen molar-refractivity contribution < 1.29 is 14.6 Å². The molecular formula is C24H36IN3O3. The van der Waals surface area contributed by atoms with Gasteiger partial charge in [0.05, 0.1) is 33.0 Å². The maximum absolute atomic E-state index is 9.76. The lowest BCUT2D eigenvalue weighted by atomic mass is 10.0. The van der Waals surface area contributed by atoms with E-state index in [0.29, 0.717) is 39.5 Å². The first kappa shape index (κ1) is 27.4. The zero-order valence-corrected chi connectivity index (χ0v) is 20.9. The minimum Gasteiger partial charge on any atom is -0.396 e. The zero-order valence-electron chi connectivity index (χ0n) is 18.5. The number of nitrogens with one attached hydrogen (secondary N) is 2. The lowest BCUT2D eigenvalue weighted by molar-refractivity contribution is 0.0453. The molecule has 0 saturated heterocycles. The smallest absolute Gasteiger partial charge is 0.191 e. The molecule has 0 amide bonds. The molecule has 0 bridgehead atoms. The van der Waals surface area contributed by atoms with Crippen molar-refractivity contribution >= 4 is 29.9 Å². The first-order chi connectivity index (χ1) is 14.8. The predicted molar refractivity (Wildman–Crippen MR) is 137 cm³/mol. The molecule has 0 aromatic heterocycles. The normalized spacial score (nSPS) is 12.2. The van der Waals surface area contributed by atoms with Crippen LogP contribution >= 0.6 is 24.0 Å². The molecule has 0 spiro atoms. The number of aliphatic imine (C=N–C) groups is 1. The fraction of sp³-hybridized carbons (Fsp3) is 0.458. The molecule has 1 unspecified atom stereocenters. The van der Waals surface area contributed by atoms with Gasteiger partial charge in [0, 0.05) is 25.6 Å². The molecule has 0 aliphatic rings. The molecule has 0 aliphatic heterocycles. The molecule has 0 aliphatic carbocycles. The van der Waals surface area contributed by atoms with E-state index in [1.54, 1.807) is 0 Å². The van der Waals surface area contributed by atoms with Crippen LogP contribution < -0.4 is 10.6 Å². The largest absolute Gasteiger partial charge is 0.396 e. The Balaban J connectivity index is 0.00000480. The second kappa shape index (κ2) is 16.9. The van der Waals surface area contributed by atoms with E-state index in [9.17, 15) is 5.11 Å². The van der Waals surface area contributed by atoms with Gasteiger partial charge in [0.2, 0.25) is 0 Å². The van der Waals surface area contributed by atoms with Crippen molar-refractivity contribution in [2.45, 2.75) is 32.9 Å². The summed E-state index contributed by atoms with van der Waals surface area (Å²) in [4.78, 5) is 4.70. The third-order valence-electron chi connectivity index (χ3n) is 4.61. The van der Waals surface area contributed by atoms with E-state index < -0.39 is 0 Å². The number of halogens is 1. The average Bonchev–Trinajstić information content (AvgIpc) is 2.78. The van der Waals surface area contributed by atoms with Crippen LogP contribution in [0.2, 0.25) is 0 Å². The average molecular weight is 541 g/mol. The fourth-order valence-corrected chi connectivity index (χ4v) is 3.01. The highest BCUT2D eigenvalue weighted by molar-refractivity contribution is 14.0. The third kappa shape index (κ3) is 11.0. The van der Waals surface area contributed by atoms with Crippen LogP contribution in [0.15, 0.2) is 59.6 Å². The number of hydrogen-bond acceptors (Lipinski definition) is 4. The molecule has 0 radical (unpaired) electrons. The van der Waals surface area contributed by atoms with Crippen LogP contribution in [0.1, 0.15) is 36.5 Å². The van der Waals surface area contributed by atoms with Crippen molar-refractivity contribution in [3.8, 4) is 0 Å². The van der Waals surface area contributed by atoms with Crippen molar-refractivity contribution in [1.29, 1.82) is 0 Å². The molecule has 0 saturated carbocycles. The quantitative estimate of drug-likeness (QED) is 0.156. The summed E-state index contributed by atoms with van der Waals surface area (Å²) in [5.74, 6) is 0.762. The summed E-state index contributed by atoms with van der Waals surface area (Å²) in [5.41, 5.74) is 3.36. The molecule has 0 fully saturated rings. The SMILES string of the molecule is CCNC(=NCc1cccc(COCCOCC)c1)NCC(CO)c1ccccc1.I. The van der Waals surface area contributed by atoms with Crippen LogP contribution in [0.3, 0.4) is 0 Å². The standard InChI is InChI=1S/C24H35N3O3.HI/c1-3-25-24(27-17-23(18-28)22-11-6-5-7-12-22)26-16-20-9-8-10-21(15-20)19-30-14-13-29-4-2;/h5-12,15,23,28H,3-4,13-14,16-19H2,1-2H3,(H2,25,26,27);1H. The summed E-state index contributed by atoms with van der Waals surface area (Å²) in [6.07, 6.45) is 0. The Bertz CT molecular complexity index is 744. The van der Waals surface area contributed by atoms with E-state index >= 15 is 0 Å². The van der Waals surface area contributed by atoms with Crippen molar-refractivity contribution in [3.05, 3.63) is 71.3 Å². The molecule has 2 rings (SSSR count). The van der Waals surface area contributed by atoms with E-state index in [0.717, 1.165) is 29.2 Å². The van der Waals surface area contributed by atoms with Gasteiger partial charge in [-0.05, 0) is 30.5 Å². The van der Waals surface area contributed by atoms with Gasteiger partial charge in [0.1, 0.15) is 0 Å². The summed E-state index contributed by atoms with van der Waals surface area (Å²) in [6.45, 7) is 8.55. The van der Waals surface area contributed by atoms with Gasteiger partial charge in [-0.3, -0.25) is 0 Å². The molecule has 7 heteroatoms. The Labute approximate surface area is 203 Å². The summed E-state index contributed by atoms with van der Waals surface area (Å²) in [6, 6.07) is 18.3. The van der Waals surface area contributed by atoms with E-state index in [4.69, 9.17) is 14.5 Å². The molecule has 2 aromatic rings. The van der Waals surface area contributed by atoms with Gasteiger partial charge in [-0.25, -0.2) is 4.99 Å². The number of hydrogen-bond donors (Lipinski definition) is 3. The summed E-state index contributed by atoms with van der Waals surface area (Å²) >= 11 is 0. The highest BCUT2D eigenvalue weighted by Gasteiger charge is 2.10. The van der Waals surface area contributed by atoms with Crippen LogP contribution in [0, 0.1) is 0 Å². The van der Waals surface area contributed by atoms with E-state index in [2.05, 4.69) is 28.8 Å². The van der Waals surface area contributed by atoms with Crippen molar-refractivity contribution in [2.75, 3.05) is 39.5 Å². The molecule has 1 atom stereocenters. The van der Waals surface area contributed by atoms with Crippen LogP contribution in [0.4, 0.5) is 0 Å². The molecule has 31 heavy (non-hydrogen) atoms. The first-order valence-electron chi connectivity index (χ1n) is 10.7. The Morgan fingerprint density at radius 1 is 0.968 bits per heavy atom. The summed E-state index contributed by atoms with van der Waals surface area (Å²) < 4.78 is 10.9. The summed E-state index contributed by atoms with van der Waals surface area (Å²) in [7, 11) is 0. The van der Waals surface area contributed by atoms with E-state index in [1.165, 1.54) is 0 Å². The number of aliphatic hydroxyl groups is 1. The van der Waals surface area contributed by atoms with Gasteiger partial charge in [-0.15, -0.1) is 24.0 Å². The van der Waals surface area contributed by atoms with Crippen LogP contribution in [-0.2, 0) is 22.6 Å². The highest BCUT2D eigenvalue weighted by atomic mass is 127. The van der Waals surface area contributed by atoms with Gasteiger partial charge in [0.25, 0.3) is 0 Å². The van der Waals surface area contributed by atoms with Gasteiger partial charge in [0.15, 0.2) is 5.96 Å². The third-order valence-corrected chi connectivity index (χ3v) is 4.61.